The molecule has 2 heterocycles. The van der Waals surface area contributed by atoms with Crippen LogP contribution in [0.5, 0.6) is 0 Å². The van der Waals surface area contributed by atoms with Crippen LogP contribution in [0.4, 0.5) is 0 Å². The molecule has 0 bridgehead atoms. The van der Waals surface area contributed by atoms with Crippen molar-refractivity contribution in [2.75, 3.05) is 19.7 Å². The topological polar surface area (TPSA) is 64.4 Å². The van der Waals surface area contributed by atoms with Gasteiger partial charge in [0, 0.05) is 32.5 Å². The van der Waals surface area contributed by atoms with E-state index >= 15 is 0 Å². The fourth-order valence-corrected chi connectivity index (χ4v) is 2.81. The van der Waals surface area contributed by atoms with E-state index < -0.39 is 0 Å². The van der Waals surface area contributed by atoms with Crippen LogP contribution < -0.4 is 0 Å². The van der Waals surface area contributed by atoms with Gasteiger partial charge in [-0.3, -0.25) is 4.79 Å². The number of carbonyl (C=O) groups is 2. The summed E-state index contributed by atoms with van der Waals surface area (Å²) in [6.07, 6.45) is 2.17. The van der Waals surface area contributed by atoms with Gasteiger partial charge in [-0.05, 0) is 25.1 Å². The maximum absolute atomic E-state index is 12.1. The molecule has 1 aromatic heterocycles. The molecule has 116 valence electrons. The molecule has 0 aliphatic carbocycles. The third-order valence-corrected chi connectivity index (χ3v) is 4.09. The van der Waals surface area contributed by atoms with Crippen LogP contribution in [0.25, 0.3) is 11.0 Å². The molecule has 1 fully saturated rings. The maximum Gasteiger partial charge on any atom is 0.338 e. The highest BCUT2D eigenvalue weighted by Gasteiger charge is 2.29. The minimum atomic E-state index is -0.366. The van der Waals surface area contributed by atoms with E-state index in [9.17, 15) is 9.59 Å². The lowest BCUT2D eigenvalue weighted by Gasteiger charge is -2.13. The summed E-state index contributed by atoms with van der Waals surface area (Å²) in [4.78, 5) is 29.8. The van der Waals surface area contributed by atoms with Crippen molar-refractivity contribution in [2.45, 2.75) is 13.3 Å². The Kier molecular flexibility index (Phi) is 3.83. The lowest BCUT2D eigenvalue weighted by atomic mass is 10.1. The van der Waals surface area contributed by atoms with Crippen LogP contribution in [-0.4, -0.2) is 46.0 Å². The quantitative estimate of drug-likeness (QED) is 0.805. The summed E-state index contributed by atoms with van der Waals surface area (Å²) in [7, 11) is 1.91. The molecule has 6 heteroatoms. The fraction of sp³-hybridized carbons (Fsp3) is 0.438. The highest BCUT2D eigenvalue weighted by molar-refractivity contribution is 5.93. The number of amides is 1. The van der Waals surface area contributed by atoms with Crippen molar-refractivity contribution in [1.82, 2.24) is 14.5 Å². The minimum Gasteiger partial charge on any atom is -0.462 e. The molecule has 1 aliphatic rings. The average Bonchev–Trinajstić information content (AvgIpc) is 3.07. The van der Waals surface area contributed by atoms with E-state index in [0.717, 1.165) is 11.0 Å². The molecule has 0 saturated carbocycles. The number of hydrogen-bond acceptors (Lipinski definition) is 4. The van der Waals surface area contributed by atoms with Crippen molar-refractivity contribution in [2.24, 2.45) is 13.0 Å². The molecule has 1 amide bonds. The first-order valence-corrected chi connectivity index (χ1v) is 7.44. The Morgan fingerprint density at radius 3 is 3.00 bits per heavy atom. The molecule has 1 aliphatic heterocycles. The number of ether oxygens (including phenoxy) is 1. The third kappa shape index (κ3) is 2.68. The second kappa shape index (κ2) is 5.79. The fourth-order valence-electron chi connectivity index (χ4n) is 2.81. The summed E-state index contributed by atoms with van der Waals surface area (Å²) in [5.41, 5.74) is 2.23. The number of carbonyl (C=O) groups excluding carboxylic acids is 2. The van der Waals surface area contributed by atoms with E-state index in [2.05, 4.69) is 4.98 Å². The lowest BCUT2D eigenvalue weighted by Crippen LogP contribution is -2.25. The maximum atomic E-state index is 12.1. The van der Waals surface area contributed by atoms with E-state index in [0.29, 0.717) is 25.1 Å². The molecule has 0 spiro atoms. The van der Waals surface area contributed by atoms with Crippen molar-refractivity contribution in [3.8, 4) is 0 Å². The van der Waals surface area contributed by atoms with Gasteiger partial charge in [0.2, 0.25) is 5.91 Å². The molecule has 1 unspecified atom stereocenters. The molecule has 1 atom stereocenters. The van der Waals surface area contributed by atoms with Gasteiger partial charge in [0.15, 0.2) is 0 Å². The molecule has 2 aromatic rings. The number of hydrogen-bond donors (Lipinski definition) is 0. The molecule has 22 heavy (non-hydrogen) atoms. The highest BCUT2D eigenvalue weighted by atomic mass is 16.5. The number of fused-ring (bicyclic) bond motifs is 1. The summed E-state index contributed by atoms with van der Waals surface area (Å²) in [6, 6.07) is 5.33. The smallest absolute Gasteiger partial charge is 0.338 e. The third-order valence-electron chi connectivity index (χ3n) is 4.09. The van der Waals surface area contributed by atoms with Crippen LogP contribution in [0.3, 0.4) is 0 Å². The van der Waals surface area contributed by atoms with Crippen LogP contribution in [0.1, 0.15) is 23.7 Å². The zero-order valence-corrected chi connectivity index (χ0v) is 12.8. The number of aromatic nitrogens is 2. The molecule has 6 nitrogen and oxygen atoms in total. The van der Waals surface area contributed by atoms with Gasteiger partial charge in [-0.15, -0.1) is 0 Å². The second-order valence-electron chi connectivity index (χ2n) is 5.66. The summed E-state index contributed by atoms with van der Waals surface area (Å²) < 4.78 is 7.25. The molecule has 0 radical (unpaired) electrons. The SMILES string of the molecule is CCN1CC(COC(=O)c2ccc3c(c2)ncn3C)CC1=O. The molecule has 3 rings (SSSR count). The van der Waals surface area contributed by atoms with Gasteiger partial charge < -0.3 is 14.2 Å². The van der Waals surface area contributed by atoms with Crippen molar-refractivity contribution in [3.05, 3.63) is 30.1 Å². The number of esters is 1. The van der Waals surface area contributed by atoms with Crippen LogP contribution in [0, 0.1) is 5.92 Å². The Morgan fingerprint density at radius 1 is 1.45 bits per heavy atom. The predicted octanol–water partition coefficient (Wildman–Crippen LogP) is 1.60. The standard InChI is InChI=1S/C16H19N3O3/c1-3-19-8-11(6-15(19)20)9-22-16(21)12-4-5-14-13(7-12)17-10-18(14)2/h4-5,7,10-11H,3,6,8-9H2,1-2H3. The predicted molar refractivity (Wildman–Crippen MR) is 81.4 cm³/mol. The number of nitrogens with zero attached hydrogens (tertiary/aromatic N) is 3. The Balaban J connectivity index is 1.63. The molecular weight excluding hydrogens is 282 g/mol. The van der Waals surface area contributed by atoms with Crippen molar-refractivity contribution >= 4 is 22.9 Å². The van der Waals surface area contributed by atoms with E-state index in [-0.39, 0.29) is 24.4 Å². The second-order valence-corrected chi connectivity index (χ2v) is 5.66. The number of benzene rings is 1. The Bertz CT molecular complexity index is 722. The summed E-state index contributed by atoms with van der Waals surface area (Å²) in [6.45, 7) is 3.61. The molecular formula is C16H19N3O3. The van der Waals surface area contributed by atoms with Crippen LogP contribution >= 0.6 is 0 Å². The first kappa shape index (κ1) is 14.6. The van der Waals surface area contributed by atoms with E-state index in [1.165, 1.54) is 0 Å². The van der Waals surface area contributed by atoms with E-state index in [4.69, 9.17) is 4.74 Å². The zero-order valence-electron chi connectivity index (χ0n) is 12.8. The number of imidazole rings is 1. The average molecular weight is 301 g/mol. The Morgan fingerprint density at radius 2 is 2.27 bits per heavy atom. The van der Waals surface area contributed by atoms with E-state index in [1.807, 2.05) is 24.6 Å². The van der Waals surface area contributed by atoms with Gasteiger partial charge in [0.05, 0.1) is 29.5 Å². The number of likely N-dealkylation sites (tertiary alicyclic amines) is 1. The number of rotatable bonds is 4. The van der Waals surface area contributed by atoms with Gasteiger partial charge in [0.1, 0.15) is 0 Å². The summed E-state index contributed by atoms with van der Waals surface area (Å²) >= 11 is 0. The zero-order chi connectivity index (χ0) is 15.7. The van der Waals surface area contributed by atoms with Gasteiger partial charge in [-0.25, -0.2) is 9.78 Å². The lowest BCUT2D eigenvalue weighted by molar-refractivity contribution is -0.127. The monoisotopic (exact) mass is 301 g/mol. The molecule has 1 saturated heterocycles. The van der Waals surface area contributed by atoms with Crippen LogP contribution in [-0.2, 0) is 16.6 Å². The van der Waals surface area contributed by atoms with Crippen molar-refractivity contribution < 1.29 is 14.3 Å². The minimum absolute atomic E-state index is 0.0926. The van der Waals surface area contributed by atoms with Crippen molar-refractivity contribution in [3.63, 3.8) is 0 Å². The Hall–Kier alpha value is -2.37. The normalized spacial score (nSPS) is 18.2. The summed E-state index contributed by atoms with van der Waals surface area (Å²) in [5, 5.41) is 0. The van der Waals surface area contributed by atoms with Crippen molar-refractivity contribution in [1.29, 1.82) is 0 Å². The Labute approximate surface area is 128 Å². The summed E-state index contributed by atoms with van der Waals surface area (Å²) in [5.74, 6) is -0.136. The van der Waals surface area contributed by atoms with Crippen LogP contribution in [0.15, 0.2) is 24.5 Å². The van der Waals surface area contributed by atoms with Gasteiger partial charge in [0.25, 0.3) is 0 Å². The van der Waals surface area contributed by atoms with Crippen LogP contribution in [0.2, 0.25) is 0 Å². The molecule has 1 aromatic carbocycles. The first-order chi connectivity index (χ1) is 10.6. The largest absolute Gasteiger partial charge is 0.462 e. The number of aryl methyl sites for hydroxylation is 1. The van der Waals surface area contributed by atoms with Gasteiger partial charge in [-0.2, -0.15) is 0 Å². The highest BCUT2D eigenvalue weighted by Crippen LogP contribution is 2.19. The molecule has 0 N–H and O–H groups in total. The first-order valence-electron chi connectivity index (χ1n) is 7.44. The van der Waals surface area contributed by atoms with Gasteiger partial charge >= 0.3 is 5.97 Å². The van der Waals surface area contributed by atoms with Gasteiger partial charge in [-0.1, -0.05) is 0 Å². The van der Waals surface area contributed by atoms with E-state index in [1.54, 1.807) is 23.4 Å².